The Labute approximate surface area is 61.3 Å². The molecule has 3 heteroatoms. The van der Waals surface area contributed by atoms with Crippen molar-refractivity contribution in [1.82, 2.24) is 5.32 Å². The van der Waals surface area contributed by atoms with Crippen molar-refractivity contribution >= 4 is 5.71 Å². The van der Waals surface area contributed by atoms with Crippen LogP contribution in [0.4, 0.5) is 0 Å². The van der Waals surface area contributed by atoms with Gasteiger partial charge in [0.25, 0.3) is 0 Å². The van der Waals surface area contributed by atoms with Crippen LogP contribution in [0.3, 0.4) is 0 Å². The van der Waals surface area contributed by atoms with Gasteiger partial charge >= 0.3 is 0 Å². The lowest BCUT2D eigenvalue weighted by Gasteiger charge is -2.04. The molecule has 10 heavy (non-hydrogen) atoms. The molecule has 3 nitrogen and oxygen atoms in total. The van der Waals surface area contributed by atoms with E-state index in [4.69, 9.17) is 10.5 Å². The van der Waals surface area contributed by atoms with E-state index >= 15 is 0 Å². The molecule has 0 bridgehead atoms. The van der Waals surface area contributed by atoms with Crippen molar-refractivity contribution in [2.45, 2.75) is 20.8 Å². The molecule has 0 aliphatic rings. The van der Waals surface area contributed by atoms with Crippen LogP contribution in [-0.4, -0.2) is 17.4 Å². The molecule has 0 spiro atoms. The molecule has 0 rings (SSSR count). The average Bonchev–Trinajstić information content (AvgIpc) is 1.87. The minimum absolute atomic E-state index is 0.0434. The maximum Gasteiger partial charge on any atom is 0.154 e. The van der Waals surface area contributed by atoms with Gasteiger partial charge in [0.15, 0.2) is 5.76 Å². The smallest absolute Gasteiger partial charge is 0.154 e. The van der Waals surface area contributed by atoms with Crippen molar-refractivity contribution in [3.8, 4) is 0 Å². The van der Waals surface area contributed by atoms with Gasteiger partial charge in [0.05, 0.1) is 11.4 Å². The van der Waals surface area contributed by atoms with Gasteiger partial charge in [-0.05, 0) is 20.8 Å². The molecule has 0 radical (unpaired) electrons. The molecule has 0 heterocycles. The number of aliphatic hydroxyl groups excluding tert-OH is 1. The molecular formula is C7H14N2O. The summed E-state index contributed by atoms with van der Waals surface area (Å²) in [6.07, 6.45) is 0. The summed E-state index contributed by atoms with van der Waals surface area (Å²) < 4.78 is 0. The molecule has 58 valence electrons. The van der Waals surface area contributed by atoms with E-state index in [0.29, 0.717) is 5.70 Å². The first-order chi connectivity index (χ1) is 4.59. The van der Waals surface area contributed by atoms with E-state index in [1.807, 2.05) is 6.92 Å². The third kappa shape index (κ3) is 2.53. The average molecular weight is 142 g/mol. The number of hydrogen-bond acceptors (Lipinski definition) is 3. The fraction of sp³-hybridized carbons (Fsp3) is 0.571. The number of hydrogen-bond donors (Lipinski definition) is 3. The lowest BCUT2D eigenvalue weighted by Crippen LogP contribution is -2.14. The third-order valence-electron chi connectivity index (χ3n) is 1.15. The van der Waals surface area contributed by atoms with Crippen molar-refractivity contribution < 1.29 is 5.11 Å². The zero-order valence-corrected chi connectivity index (χ0v) is 6.65. The molecule has 0 aromatic heterocycles. The van der Waals surface area contributed by atoms with E-state index in [1.54, 1.807) is 13.8 Å². The van der Waals surface area contributed by atoms with Crippen LogP contribution in [0.25, 0.3) is 0 Å². The Balaban J connectivity index is 4.19. The van der Waals surface area contributed by atoms with Crippen LogP contribution >= 0.6 is 0 Å². The molecule has 0 fully saturated rings. The summed E-state index contributed by atoms with van der Waals surface area (Å²) in [7, 11) is 0. The monoisotopic (exact) mass is 142 g/mol. The van der Waals surface area contributed by atoms with Crippen molar-refractivity contribution in [1.29, 1.82) is 5.41 Å². The molecule has 0 aliphatic heterocycles. The molecule has 0 aromatic carbocycles. The first-order valence-electron chi connectivity index (χ1n) is 3.28. The minimum Gasteiger partial charge on any atom is -0.504 e. The van der Waals surface area contributed by atoms with Crippen LogP contribution in [-0.2, 0) is 0 Å². The van der Waals surface area contributed by atoms with Gasteiger partial charge < -0.3 is 15.8 Å². The number of allylic oxidation sites excluding steroid dienone is 2. The largest absolute Gasteiger partial charge is 0.504 e. The van der Waals surface area contributed by atoms with Gasteiger partial charge in [-0.3, -0.25) is 0 Å². The van der Waals surface area contributed by atoms with Crippen LogP contribution in [0.15, 0.2) is 11.5 Å². The lowest BCUT2D eigenvalue weighted by atomic mass is 10.3. The van der Waals surface area contributed by atoms with E-state index < -0.39 is 0 Å². The Morgan fingerprint density at radius 2 is 2.00 bits per heavy atom. The predicted molar refractivity (Wildman–Crippen MR) is 42.4 cm³/mol. The zero-order chi connectivity index (χ0) is 8.15. The van der Waals surface area contributed by atoms with E-state index in [0.717, 1.165) is 6.54 Å². The molecule has 0 saturated carbocycles. The first kappa shape index (κ1) is 9.01. The van der Waals surface area contributed by atoms with Gasteiger partial charge in [0, 0.05) is 6.54 Å². The van der Waals surface area contributed by atoms with Gasteiger partial charge in [-0.25, -0.2) is 0 Å². The second-order valence-corrected chi connectivity index (χ2v) is 2.13. The fourth-order valence-electron chi connectivity index (χ4n) is 0.630. The second-order valence-electron chi connectivity index (χ2n) is 2.13. The molecule has 0 unspecified atom stereocenters. The molecule has 0 saturated heterocycles. The van der Waals surface area contributed by atoms with E-state index in [1.165, 1.54) is 0 Å². The van der Waals surface area contributed by atoms with Crippen molar-refractivity contribution in [2.75, 3.05) is 6.54 Å². The topological polar surface area (TPSA) is 56.1 Å². The van der Waals surface area contributed by atoms with Crippen molar-refractivity contribution in [2.24, 2.45) is 0 Å². The van der Waals surface area contributed by atoms with E-state index in [2.05, 4.69) is 5.32 Å². The summed E-state index contributed by atoms with van der Waals surface area (Å²) in [6, 6.07) is 0. The maximum atomic E-state index is 9.12. The quantitative estimate of drug-likeness (QED) is 0.412. The Morgan fingerprint density at radius 1 is 1.50 bits per heavy atom. The highest BCUT2D eigenvalue weighted by Crippen LogP contribution is 1.96. The Morgan fingerprint density at radius 3 is 2.30 bits per heavy atom. The first-order valence-corrected chi connectivity index (χ1v) is 3.28. The lowest BCUT2D eigenvalue weighted by molar-refractivity contribution is 0.429. The summed E-state index contributed by atoms with van der Waals surface area (Å²) in [6.45, 7) is 6.01. The second kappa shape index (κ2) is 3.93. The molecule has 0 aromatic rings. The van der Waals surface area contributed by atoms with Crippen LogP contribution in [0.2, 0.25) is 0 Å². The SMILES string of the molecule is CCN/C(C)=C(/O)C(C)=N. The van der Waals surface area contributed by atoms with Gasteiger partial charge in [0.1, 0.15) is 0 Å². The fourth-order valence-corrected chi connectivity index (χ4v) is 0.630. The highest BCUT2D eigenvalue weighted by Gasteiger charge is 1.99. The Bertz CT molecular complexity index is 161. The molecule has 0 atom stereocenters. The predicted octanol–water partition coefficient (Wildman–Crippen LogP) is 1.43. The van der Waals surface area contributed by atoms with E-state index in [-0.39, 0.29) is 11.5 Å². The minimum atomic E-state index is 0.0434. The standard InChI is InChI=1S/C7H14N2O/c1-4-9-6(3)7(10)5(2)8/h8-10H,4H2,1-3H3/b7-6+,8-5?. The molecule has 0 amide bonds. The number of rotatable bonds is 3. The third-order valence-corrected chi connectivity index (χ3v) is 1.15. The van der Waals surface area contributed by atoms with E-state index in [9.17, 15) is 0 Å². The van der Waals surface area contributed by atoms with Crippen LogP contribution < -0.4 is 5.32 Å². The summed E-state index contributed by atoms with van der Waals surface area (Å²) >= 11 is 0. The normalized spacial score (nSPS) is 12.3. The molecule has 3 N–H and O–H groups in total. The number of nitrogens with one attached hydrogen (secondary N) is 2. The Hall–Kier alpha value is -0.990. The zero-order valence-electron chi connectivity index (χ0n) is 6.65. The summed E-state index contributed by atoms with van der Waals surface area (Å²) in [4.78, 5) is 0. The summed E-state index contributed by atoms with van der Waals surface area (Å²) in [5, 5.41) is 19.1. The number of aliphatic hydroxyl groups is 1. The Kier molecular flexibility index (Phi) is 3.54. The molecular weight excluding hydrogens is 128 g/mol. The highest BCUT2D eigenvalue weighted by atomic mass is 16.3. The van der Waals surface area contributed by atoms with Crippen LogP contribution in [0.1, 0.15) is 20.8 Å². The van der Waals surface area contributed by atoms with Crippen molar-refractivity contribution in [3.05, 3.63) is 11.5 Å². The van der Waals surface area contributed by atoms with Crippen molar-refractivity contribution in [3.63, 3.8) is 0 Å². The molecule has 0 aliphatic carbocycles. The van der Waals surface area contributed by atoms with Crippen LogP contribution in [0.5, 0.6) is 0 Å². The summed E-state index contributed by atoms with van der Waals surface area (Å²) in [5.74, 6) is 0.0434. The maximum absolute atomic E-state index is 9.12. The van der Waals surface area contributed by atoms with Gasteiger partial charge in [-0.15, -0.1) is 0 Å². The van der Waals surface area contributed by atoms with Gasteiger partial charge in [0.2, 0.25) is 0 Å². The summed E-state index contributed by atoms with van der Waals surface area (Å²) in [5.41, 5.74) is 0.855. The highest BCUT2D eigenvalue weighted by molar-refractivity contribution is 5.93. The van der Waals surface area contributed by atoms with Gasteiger partial charge in [-0.2, -0.15) is 0 Å². The van der Waals surface area contributed by atoms with Gasteiger partial charge in [-0.1, -0.05) is 0 Å². The van der Waals surface area contributed by atoms with Crippen LogP contribution in [0, 0.1) is 5.41 Å².